The molecule has 8 heteroatoms. The Balaban J connectivity index is 1.62. The smallest absolute Gasteiger partial charge is 0.317 e. The van der Waals surface area contributed by atoms with Crippen molar-refractivity contribution in [2.75, 3.05) is 11.9 Å². The molecule has 2 aromatic carbocycles. The Labute approximate surface area is 154 Å². The molecule has 0 atom stereocenters. The second-order valence-corrected chi connectivity index (χ2v) is 6.17. The van der Waals surface area contributed by atoms with Crippen LogP contribution in [0.4, 0.5) is 11.4 Å². The first-order valence-corrected chi connectivity index (χ1v) is 8.17. The number of esters is 1. The number of carbonyl (C=O) groups excluding carboxylic acids is 2. The van der Waals surface area contributed by atoms with Crippen LogP contribution in [0.5, 0.6) is 0 Å². The van der Waals surface area contributed by atoms with E-state index in [0.717, 1.165) is 11.6 Å². The van der Waals surface area contributed by atoms with E-state index in [1.54, 1.807) is 6.07 Å². The molecule has 1 N–H and O–H groups in total. The second-order valence-electron chi connectivity index (χ2n) is 6.17. The Morgan fingerprint density at radius 1 is 1.22 bits per heavy atom. The van der Waals surface area contributed by atoms with Gasteiger partial charge in [-0.25, -0.2) is 0 Å². The topological polar surface area (TPSA) is 122 Å². The fourth-order valence-corrected chi connectivity index (χ4v) is 2.80. The Bertz CT molecular complexity index is 946. The molecule has 0 unspecified atom stereocenters. The summed E-state index contributed by atoms with van der Waals surface area (Å²) in [7, 11) is 0. The summed E-state index contributed by atoms with van der Waals surface area (Å²) >= 11 is 0. The minimum absolute atomic E-state index is 0.0492. The van der Waals surface area contributed by atoms with Crippen LogP contribution in [0.1, 0.15) is 24.0 Å². The van der Waals surface area contributed by atoms with Gasteiger partial charge in [0.25, 0.3) is 11.6 Å². The molecule has 0 aliphatic heterocycles. The third-order valence-corrected chi connectivity index (χ3v) is 4.41. The maximum atomic E-state index is 12.4. The zero-order chi connectivity index (χ0) is 19.4. The van der Waals surface area contributed by atoms with Gasteiger partial charge in [0.2, 0.25) is 0 Å². The first kappa shape index (κ1) is 18.1. The number of amides is 1. The summed E-state index contributed by atoms with van der Waals surface area (Å²) in [6.45, 7) is -0.505. The van der Waals surface area contributed by atoms with E-state index in [-0.39, 0.29) is 16.9 Å². The van der Waals surface area contributed by atoms with E-state index in [1.165, 1.54) is 12.1 Å². The molecule has 27 heavy (non-hydrogen) atoms. The molecule has 0 saturated heterocycles. The van der Waals surface area contributed by atoms with Crippen LogP contribution in [0.2, 0.25) is 0 Å². The lowest BCUT2D eigenvalue weighted by Crippen LogP contribution is -2.28. The molecule has 1 fully saturated rings. The third kappa shape index (κ3) is 3.77. The van der Waals surface area contributed by atoms with Crippen molar-refractivity contribution in [2.45, 2.75) is 18.3 Å². The molecule has 1 aliphatic rings. The average molecular weight is 365 g/mol. The van der Waals surface area contributed by atoms with E-state index in [9.17, 15) is 19.7 Å². The lowest BCUT2D eigenvalue weighted by Gasteiger charge is -2.15. The van der Waals surface area contributed by atoms with E-state index in [2.05, 4.69) is 5.32 Å². The van der Waals surface area contributed by atoms with Crippen molar-refractivity contribution >= 4 is 23.3 Å². The van der Waals surface area contributed by atoms with E-state index in [1.807, 2.05) is 30.3 Å². The first-order chi connectivity index (χ1) is 13.0. The van der Waals surface area contributed by atoms with Crippen molar-refractivity contribution in [3.05, 3.63) is 69.8 Å². The molecular weight excluding hydrogens is 350 g/mol. The van der Waals surface area contributed by atoms with Crippen LogP contribution in [0.15, 0.2) is 48.5 Å². The first-order valence-electron chi connectivity index (χ1n) is 8.17. The van der Waals surface area contributed by atoms with Crippen LogP contribution < -0.4 is 5.32 Å². The normalized spacial score (nSPS) is 13.9. The van der Waals surface area contributed by atoms with Crippen molar-refractivity contribution in [3.8, 4) is 6.07 Å². The number of hydrogen-bond donors (Lipinski definition) is 1. The predicted octanol–water partition coefficient (Wildman–Crippen LogP) is 2.68. The van der Waals surface area contributed by atoms with Crippen molar-refractivity contribution in [1.82, 2.24) is 0 Å². The van der Waals surface area contributed by atoms with Crippen molar-refractivity contribution in [3.63, 3.8) is 0 Å². The molecule has 3 rings (SSSR count). The van der Waals surface area contributed by atoms with E-state index in [4.69, 9.17) is 10.00 Å². The van der Waals surface area contributed by atoms with Crippen LogP contribution in [0.3, 0.4) is 0 Å². The van der Waals surface area contributed by atoms with Gasteiger partial charge in [-0.1, -0.05) is 30.3 Å². The number of anilines is 1. The summed E-state index contributed by atoms with van der Waals surface area (Å²) in [6, 6.07) is 14.5. The highest BCUT2D eigenvalue weighted by atomic mass is 16.6. The summed E-state index contributed by atoms with van der Waals surface area (Å²) in [5.74, 6) is -1.09. The Hall–Kier alpha value is -3.73. The minimum atomic E-state index is -0.688. The minimum Gasteiger partial charge on any atom is -0.455 e. The number of nitrogens with one attached hydrogen (secondary N) is 1. The van der Waals surface area contributed by atoms with E-state index >= 15 is 0 Å². The summed E-state index contributed by atoms with van der Waals surface area (Å²) in [6.07, 6.45) is 1.33. The number of nitrogens with zero attached hydrogens (tertiary/aromatic N) is 2. The van der Waals surface area contributed by atoms with Gasteiger partial charge in [-0.05, 0) is 24.5 Å². The molecule has 0 radical (unpaired) electrons. The zero-order valence-electron chi connectivity index (χ0n) is 14.2. The van der Waals surface area contributed by atoms with Gasteiger partial charge in [0, 0.05) is 12.1 Å². The third-order valence-electron chi connectivity index (χ3n) is 4.41. The molecule has 0 aromatic heterocycles. The number of nitro benzene ring substituents is 1. The Morgan fingerprint density at radius 2 is 1.93 bits per heavy atom. The second kappa shape index (κ2) is 7.25. The van der Waals surface area contributed by atoms with Gasteiger partial charge < -0.3 is 10.1 Å². The van der Waals surface area contributed by atoms with Crippen LogP contribution in [0, 0.1) is 21.4 Å². The highest BCUT2D eigenvalue weighted by Gasteiger charge is 2.52. The van der Waals surface area contributed by atoms with Crippen LogP contribution in [-0.2, 0) is 19.7 Å². The van der Waals surface area contributed by atoms with Gasteiger partial charge in [0.15, 0.2) is 6.61 Å². The number of benzene rings is 2. The van der Waals surface area contributed by atoms with Crippen molar-refractivity contribution in [1.29, 1.82) is 5.26 Å². The molecule has 2 aromatic rings. The van der Waals surface area contributed by atoms with Crippen LogP contribution >= 0.6 is 0 Å². The Kier molecular flexibility index (Phi) is 4.86. The van der Waals surface area contributed by atoms with Crippen LogP contribution in [0.25, 0.3) is 0 Å². The maximum absolute atomic E-state index is 12.4. The van der Waals surface area contributed by atoms with E-state index in [0.29, 0.717) is 12.8 Å². The van der Waals surface area contributed by atoms with E-state index < -0.39 is 28.8 Å². The monoisotopic (exact) mass is 365 g/mol. The summed E-state index contributed by atoms with van der Waals surface area (Å²) in [4.78, 5) is 34.6. The van der Waals surface area contributed by atoms with Gasteiger partial charge in [0.05, 0.1) is 21.6 Å². The molecule has 1 aliphatic carbocycles. The van der Waals surface area contributed by atoms with Crippen molar-refractivity contribution in [2.24, 2.45) is 0 Å². The van der Waals surface area contributed by atoms with Gasteiger partial charge in [-0.15, -0.1) is 0 Å². The summed E-state index contributed by atoms with van der Waals surface area (Å²) < 4.78 is 5.15. The number of ether oxygens (including phenoxy) is 1. The fourth-order valence-electron chi connectivity index (χ4n) is 2.80. The zero-order valence-corrected chi connectivity index (χ0v) is 14.2. The summed E-state index contributed by atoms with van der Waals surface area (Å²) in [5.41, 5.74) is -0.0144. The molecule has 0 bridgehead atoms. The van der Waals surface area contributed by atoms with Gasteiger partial charge in [-0.2, -0.15) is 5.26 Å². The molecular formula is C19H15N3O5. The molecule has 1 amide bonds. The lowest BCUT2D eigenvalue weighted by molar-refractivity contribution is -0.384. The summed E-state index contributed by atoms with van der Waals surface area (Å²) in [5, 5.41) is 22.3. The highest BCUT2D eigenvalue weighted by Crippen LogP contribution is 2.49. The fraction of sp³-hybridized carbons (Fsp3) is 0.211. The van der Waals surface area contributed by atoms with Gasteiger partial charge in [-0.3, -0.25) is 19.7 Å². The predicted molar refractivity (Wildman–Crippen MR) is 94.8 cm³/mol. The number of hydrogen-bond acceptors (Lipinski definition) is 6. The molecule has 0 spiro atoms. The number of rotatable bonds is 6. The quantitative estimate of drug-likeness (QED) is 0.477. The highest BCUT2D eigenvalue weighted by molar-refractivity contribution is 5.95. The molecule has 1 saturated carbocycles. The van der Waals surface area contributed by atoms with Gasteiger partial charge >= 0.3 is 5.97 Å². The molecule has 8 nitrogen and oxygen atoms in total. The Morgan fingerprint density at radius 3 is 2.52 bits per heavy atom. The average Bonchev–Trinajstić information content (AvgIpc) is 3.49. The van der Waals surface area contributed by atoms with Crippen LogP contribution in [-0.4, -0.2) is 23.4 Å². The number of nitriles is 1. The largest absolute Gasteiger partial charge is 0.455 e. The molecule has 0 heterocycles. The van der Waals surface area contributed by atoms with Crippen molar-refractivity contribution < 1.29 is 19.2 Å². The molecule has 136 valence electrons. The maximum Gasteiger partial charge on any atom is 0.317 e. The number of non-ortho nitro benzene ring substituents is 1. The number of nitro groups is 1. The standard InChI is InChI=1S/C19H15N3O5/c20-11-13-10-15(22(25)26)6-7-16(13)21-17(23)12-27-18(24)19(8-9-19)14-4-2-1-3-5-14/h1-7,10H,8-9,12H2,(H,21,23). The number of carbonyl (C=O) groups is 2. The van der Waals surface area contributed by atoms with Gasteiger partial charge in [0.1, 0.15) is 6.07 Å². The lowest BCUT2D eigenvalue weighted by atomic mass is 9.96. The SMILES string of the molecule is N#Cc1cc([N+](=O)[O-])ccc1NC(=O)COC(=O)C1(c2ccccc2)CC1.